The molecule has 16 heavy (non-hydrogen) atoms. The Labute approximate surface area is 99.0 Å². The molecule has 0 amide bonds. The number of hydrogen-bond donors (Lipinski definition) is 1. The molecule has 0 aliphatic rings. The Kier molecular flexibility index (Phi) is 9.87. The second kappa shape index (κ2) is 10.5. The fourth-order valence-electron chi connectivity index (χ4n) is 1.52. The van der Waals surface area contributed by atoms with E-state index in [1.54, 1.807) is 6.92 Å². The van der Waals surface area contributed by atoms with Gasteiger partial charge in [-0.25, -0.2) is 4.79 Å². The molecule has 0 aliphatic carbocycles. The third-order valence-corrected chi connectivity index (χ3v) is 2.41. The quantitative estimate of drug-likeness (QED) is 0.374. The Morgan fingerprint density at radius 1 is 1.12 bits per heavy atom. The highest BCUT2D eigenvalue weighted by Crippen LogP contribution is 2.09. The molecule has 0 aromatic rings. The van der Waals surface area contributed by atoms with E-state index in [4.69, 9.17) is 10.5 Å². The maximum absolute atomic E-state index is 11.0. The summed E-state index contributed by atoms with van der Waals surface area (Å²) < 4.78 is 4.78. The first kappa shape index (κ1) is 15.0. The van der Waals surface area contributed by atoms with E-state index in [0.717, 1.165) is 12.8 Å². The molecule has 0 heterocycles. The molecule has 0 rings (SSSR count). The maximum atomic E-state index is 11.0. The van der Waals surface area contributed by atoms with Crippen molar-refractivity contribution < 1.29 is 9.53 Å². The second-order valence-electron chi connectivity index (χ2n) is 3.99. The van der Waals surface area contributed by atoms with Crippen LogP contribution >= 0.6 is 0 Å². The van der Waals surface area contributed by atoms with Crippen molar-refractivity contribution in [2.24, 2.45) is 5.73 Å². The minimum Gasteiger partial charge on any atom is -0.463 e. The van der Waals surface area contributed by atoms with Gasteiger partial charge in [0.25, 0.3) is 0 Å². The predicted molar refractivity (Wildman–Crippen MR) is 66.9 cm³/mol. The number of unbranched alkanes of at least 4 members (excludes halogenated alkanes) is 5. The van der Waals surface area contributed by atoms with Gasteiger partial charge in [0.2, 0.25) is 0 Å². The molecule has 0 unspecified atom stereocenters. The topological polar surface area (TPSA) is 52.3 Å². The number of rotatable bonds is 9. The Hall–Kier alpha value is -0.990. The van der Waals surface area contributed by atoms with E-state index in [-0.39, 0.29) is 5.97 Å². The van der Waals surface area contributed by atoms with Gasteiger partial charge in [0.15, 0.2) is 0 Å². The van der Waals surface area contributed by atoms with E-state index in [9.17, 15) is 4.79 Å². The van der Waals surface area contributed by atoms with Gasteiger partial charge in [-0.1, -0.05) is 39.0 Å². The first-order valence-electron chi connectivity index (χ1n) is 6.33. The van der Waals surface area contributed by atoms with E-state index in [1.165, 1.54) is 38.2 Å². The molecule has 94 valence electrons. The Bertz CT molecular complexity index is 212. The number of ether oxygens (including phenoxy) is 1. The van der Waals surface area contributed by atoms with Gasteiger partial charge < -0.3 is 10.5 Å². The van der Waals surface area contributed by atoms with Crippen LogP contribution in [0, 0.1) is 0 Å². The van der Waals surface area contributed by atoms with Gasteiger partial charge in [-0.05, 0) is 19.8 Å². The molecule has 3 nitrogen and oxygen atoms in total. The zero-order valence-corrected chi connectivity index (χ0v) is 10.6. The number of carbonyl (C=O) groups is 1. The molecule has 0 aromatic heterocycles. The molecule has 0 saturated carbocycles. The van der Waals surface area contributed by atoms with Crippen molar-refractivity contribution in [1.29, 1.82) is 0 Å². The van der Waals surface area contributed by atoms with Crippen LogP contribution in [0.5, 0.6) is 0 Å². The molecular formula is C13H25NO2. The van der Waals surface area contributed by atoms with Gasteiger partial charge in [0.05, 0.1) is 6.61 Å². The molecule has 0 saturated heterocycles. The molecule has 3 heteroatoms. The Morgan fingerprint density at radius 2 is 1.75 bits per heavy atom. The van der Waals surface area contributed by atoms with Crippen molar-refractivity contribution in [2.75, 3.05) is 6.61 Å². The summed E-state index contributed by atoms with van der Waals surface area (Å²) in [4.78, 5) is 11.0. The molecule has 0 bridgehead atoms. The third kappa shape index (κ3) is 9.56. The van der Waals surface area contributed by atoms with Crippen molar-refractivity contribution in [3.63, 3.8) is 0 Å². The van der Waals surface area contributed by atoms with Crippen LogP contribution in [0.3, 0.4) is 0 Å². The summed E-state index contributed by atoms with van der Waals surface area (Å²) >= 11 is 0. The lowest BCUT2D eigenvalue weighted by Crippen LogP contribution is -2.05. The van der Waals surface area contributed by atoms with Crippen molar-refractivity contribution >= 4 is 5.97 Å². The fourth-order valence-corrected chi connectivity index (χ4v) is 1.52. The average Bonchev–Trinajstić information content (AvgIpc) is 2.23. The first-order valence-corrected chi connectivity index (χ1v) is 6.33. The predicted octanol–water partition coefficient (Wildman–Crippen LogP) is 3.14. The van der Waals surface area contributed by atoms with Crippen molar-refractivity contribution in [1.82, 2.24) is 0 Å². The lowest BCUT2D eigenvalue weighted by molar-refractivity contribution is -0.137. The van der Waals surface area contributed by atoms with Crippen LogP contribution in [0.1, 0.15) is 58.8 Å². The average molecular weight is 227 g/mol. The zero-order valence-electron chi connectivity index (χ0n) is 10.6. The van der Waals surface area contributed by atoms with Crippen molar-refractivity contribution in [3.8, 4) is 0 Å². The number of allylic oxidation sites excluding steroid dienone is 1. The molecule has 0 atom stereocenters. The highest BCUT2D eigenvalue weighted by molar-refractivity contribution is 5.82. The second-order valence-corrected chi connectivity index (χ2v) is 3.99. The summed E-state index contributed by atoms with van der Waals surface area (Å²) in [6.45, 7) is 4.40. The van der Waals surface area contributed by atoms with Crippen LogP contribution in [0.4, 0.5) is 0 Å². The summed E-state index contributed by atoms with van der Waals surface area (Å²) in [5.74, 6) is -0.328. The van der Waals surface area contributed by atoms with Gasteiger partial charge in [-0.15, -0.1) is 0 Å². The molecule has 0 spiro atoms. The van der Waals surface area contributed by atoms with E-state index >= 15 is 0 Å². The van der Waals surface area contributed by atoms with Crippen LogP contribution in [0.15, 0.2) is 11.8 Å². The van der Waals surface area contributed by atoms with Gasteiger partial charge in [0.1, 0.15) is 0 Å². The fraction of sp³-hybridized carbons (Fsp3) is 0.769. The smallest absolute Gasteiger partial charge is 0.332 e. The monoisotopic (exact) mass is 227 g/mol. The first-order chi connectivity index (χ1) is 7.70. The summed E-state index contributed by atoms with van der Waals surface area (Å²) in [5.41, 5.74) is 6.34. The van der Waals surface area contributed by atoms with Crippen LogP contribution in [-0.4, -0.2) is 12.6 Å². The van der Waals surface area contributed by atoms with Gasteiger partial charge in [0, 0.05) is 11.8 Å². The number of nitrogens with two attached hydrogens (primary N) is 1. The van der Waals surface area contributed by atoms with Crippen molar-refractivity contribution in [3.05, 3.63) is 11.8 Å². The molecular weight excluding hydrogens is 202 g/mol. The number of hydrogen-bond acceptors (Lipinski definition) is 3. The summed E-state index contributed by atoms with van der Waals surface area (Å²) in [6, 6.07) is 0. The number of carbonyl (C=O) groups excluding carboxylic acids is 1. The van der Waals surface area contributed by atoms with E-state index in [2.05, 4.69) is 6.92 Å². The lowest BCUT2D eigenvalue weighted by atomic mass is 10.1. The van der Waals surface area contributed by atoms with Crippen molar-refractivity contribution in [2.45, 2.75) is 58.8 Å². The minimum atomic E-state index is -0.328. The van der Waals surface area contributed by atoms with Crippen LogP contribution in [-0.2, 0) is 9.53 Å². The molecule has 0 aliphatic heterocycles. The van der Waals surface area contributed by atoms with Gasteiger partial charge in [-0.3, -0.25) is 0 Å². The van der Waals surface area contributed by atoms with Crippen LogP contribution in [0.2, 0.25) is 0 Å². The molecule has 0 radical (unpaired) electrons. The summed E-state index contributed by atoms with van der Waals surface area (Å²) in [5, 5.41) is 0. The SMILES string of the molecule is CCCCCCCC/C(N)=C/C(=O)OCC. The molecule has 0 fully saturated rings. The standard InChI is InChI=1S/C13H25NO2/c1-3-5-6-7-8-9-10-12(14)11-13(15)16-4-2/h11H,3-10,14H2,1-2H3/b12-11-. The van der Waals surface area contributed by atoms with Gasteiger partial charge in [-0.2, -0.15) is 0 Å². The van der Waals surface area contributed by atoms with Crippen LogP contribution in [0.25, 0.3) is 0 Å². The van der Waals surface area contributed by atoms with E-state index in [1.807, 2.05) is 0 Å². The Morgan fingerprint density at radius 3 is 2.38 bits per heavy atom. The van der Waals surface area contributed by atoms with E-state index < -0.39 is 0 Å². The Balaban J connectivity index is 3.49. The van der Waals surface area contributed by atoms with Crippen LogP contribution < -0.4 is 5.73 Å². The maximum Gasteiger partial charge on any atom is 0.332 e. The highest BCUT2D eigenvalue weighted by Gasteiger charge is 1.98. The zero-order chi connectivity index (χ0) is 12.2. The number of esters is 1. The van der Waals surface area contributed by atoms with Gasteiger partial charge >= 0.3 is 5.97 Å². The third-order valence-electron chi connectivity index (χ3n) is 2.41. The lowest BCUT2D eigenvalue weighted by Gasteiger charge is -2.02. The van der Waals surface area contributed by atoms with E-state index in [0.29, 0.717) is 12.3 Å². The molecule has 0 aromatic carbocycles. The molecule has 2 N–H and O–H groups in total. The summed E-state index contributed by atoms with van der Waals surface area (Å²) in [7, 11) is 0. The normalized spacial score (nSPS) is 11.5. The summed E-state index contributed by atoms with van der Waals surface area (Å²) in [6.07, 6.45) is 9.60. The largest absolute Gasteiger partial charge is 0.463 e. The highest BCUT2D eigenvalue weighted by atomic mass is 16.5. The minimum absolute atomic E-state index is 0.328.